The molecule has 0 saturated heterocycles. The van der Waals surface area contributed by atoms with Gasteiger partial charge in [0.1, 0.15) is 11.6 Å². The van der Waals surface area contributed by atoms with E-state index in [1.54, 1.807) is 0 Å². The van der Waals surface area contributed by atoms with Crippen LogP contribution >= 0.6 is 11.6 Å². The second-order valence-electron chi connectivity index (χ2n) is 2.37. The first-order chi connectivity index (χ1) is 6.06. The van der Waals surface area contributed by atoms with E-state index in [0.29, 0.717) is 0 Å². The van der Waals surface area contributed by atoms with Gasteiger partial charge >= 0.3 is 0 Å². The molecule has 1 aromatic carbocycles. The van der Waals surface area contributed by atoms with E-state index in [1.807, 2.05) is 0 Å². The van der Waals surface area contributed by atoms with Crippen molar-refractivity contribution in [3.63, 3.8) is 0 Å². The van der Waals surface area contributed by atoms with E-state index in [-0.39, 0.29) is 16.9 Å². The molecule has 0 amide bonds. The summed E-state index contributed by atoms with van der Waals surface area (Å²) in [5, 5.41) is -0.355. The lowest BCUT2D eigenvalue weighted by atomic mass is 9.95. The lowest BCUT2D eigenvalue weighted by Crippen LogP contribution is -2.02. The first-order valence-electron chi connectivity index (χ1n) is 3.44. The van der Waals surface area contributed by atoms with E-state index in [1.165, 1.54) is 0 Å². The minimum Gasteiger partial charge on any atom is -0.295 e. The molecule has 0 aliphatic rings. The average Bonchev–Trinajstić information content (AvgIpc) is 2.10. The van der Waals surface area contributed by atoms with E-state index >= 15 is 0 Å². The number of halogens is 3. The Kier molecular flexibility index (Phi) is 3.04. The molecule has 5 heteroatoms. The maximum atomic E-state index is 12.9. The predicted molar refractivity (Wildman–Crippen MR) is 46.3 cm³/mol. The smallest absolute Gasteiger partial charge is 0.157 e. The Labute approximate surface area is 80.1 Å². The number of rotatable bonds is 2. The maximum Gasteiger partial charge on any atom is 0.157 e. The van der Waals surface area contributed by atoms with Gasteiger partial charge in [-0.2, -0.15) is 0 Å². The van der Waals surface area contributed by atoms with Gasteiger partial charge in [-0.05, 0) is 18.5 Å². The van der Waals surface area contributed by atoms with Gasteiger partial charge in [0.2, 0.25) is 0 Å². The fourth-order valence-corrected chi connectivity index (χ4v) is 0.997. The summed E-state index contributed by atoms with van der Waals surface area (Å²) in [5.74, 6) is -2.35. The number of hydrogen-bond donors (Lipinski definition) is 0. The van der Waals surface area contributed by atoms with E-state index in [4.69, 9.17) is 19.4 Å². The summed E-state index contributed by atoms with van der Waals surface area (Å²) >= 11 is 5.28. The summed E-state index contributed by atoms with van der Waals surface area (Å²) in [6.45, 7) is 0. The third kappa shape index (κ3) is 2.07. The summed E-state index contributed by atoms with van der Waals surface area (Å²) in [4.78, 5) is 10.9. The Morgan fingerprint density at radius 1 is 1.38 bits per heavy atom. The van der Waals surface area contributed by atoms with Crippen LogP contribution in [-0.4, -0.2) is 13.6 Å². The van der Waals surface area contributed by atoms with Crippen LogP contribution in [0.4, 0.5) is 8.78 Å². The quantitative estimate of drug-likeness (QED) is 0.407. The Balaban J connectivity index is 3.23. The molecule has 0 heterocycles. The topological polar surface area (TPSA) is 17.1 Å². The summed E-state index contributed by atoms with van der Waals surface area (Å²) in [7, 11) is 4.99. The summed E-state index contributed by atoms with van der Waals surface area (Å²) in [6.07, 6.45) is -0.363. The van der Waals surface area contributed by atoms with Gasteiger partial charge in [-0.3, -0.25) is 4.79 Å². The van der Waals surface area contributed by atoms with Gasteiger partial charge in [0, 0.05) is 0 Å². The highest BCUT2D eigenvalue weighted by Crippen LogP contribution is 2.20. The number of benzene rings is 1. The zero-order chi connectivity index (χ0) is 10.0. The van der Waals surface area contributed by atoms with E-state index in [0.717, 1.165) is 12.1 Å². The molecule has 1 aromatic rings. The van der Waals surface area contributed by atoms with Crippen molar-refractivity contribution in [1.29, 1.82) is 0 Å². The number of carbonyl (C=O) groups is 1. The first-order valence-corrected chi connectivity index (χ1v) is 3.82. The Morgan fingerprint density at radius 3 is 2.54 bits per heavy atom. The molecular weight excluding hydrogens is 196 g/mol. The summed E-state index contributed by atoms with van der Waals surface area (Å²) in [6, 6.07) is 1.49. The van der Waals surface area contributed by atoms with Crippen molar-refractivity contribution in [3.8, 4) is 0 Å². The highest BCUT2D eigenvalue weighted by Gasteiger charge is 2.13. The molecule has 0 saturated carbocycles. The zero-order valence-electron chi connectivity index (χ0n) is 6.48. The second kappa shape index (κ2) is 3.88. The largest absolute Gasteiger partial charge is 0.295 e. The second-order valence-corrected chi connectivity index (χ2v) is 2.78. The van der Waals surface area contributed by atoms with Gasteiger partial charge in [0.25, 0.3) is 0 Å². The molecule has 1 rings (SSSR count). The number of Topliss-reactive ketones (excluding diaryl/α,β-unsaturated/α-hetero) is 1. The van der Waals surface area contributed by atoms with Gasteiger partial charge < -0.3 is 0 Å². The van der Waals surface area contributed by atoms with Crippen LogP contribution in [-0.2, 0) is 0 Å². The van der Waals surface area contributed by atoms with Crippen molar-refractivity contribution in [1.82, 2.24) is 0 Å². The van der Waals surface area contributed by atoms with Crippen LogP contribution in [0, 0.1) is 11.6 Å². The maximum absolute atomic E-state index is 12.9. The fraction of sp³-hybridized carbons (Fsp3) is 0.125. The monoisotopic (exact) mass is 200 g/mol. The van der Waals surface area contributed by atoms with Crippen molar-refractivity contribution in [2.24, 2.45) is 0 Å². The van der Waals surface area contributed by atoms with Crippen molar-refractivity contribution < 1.29 is 13.6 Å². The highest BCUT2D eigenvalue weighted by atomic mass is 35.5. The standard InChI is InChI=1S/C8H4BClF2O/c9-3-8(13)4-1-7(12)5(10)2-6(4)11/h1-2H,3H2. The normalized spacial score (nSPS) is 10.1. The predicted octanol–water partition coefficient (Wildman–Crippen LogP) is 2.39. The molecule has 0 bridgehead atoms. The van der Waals surface area contributed by atoms with Gasteiger partial charge in [0.05, 0.1) is 18.4 Å². The van der Waals surface area contributed by atoms with E-state index in [9.17, 15) is 13.6 Å². The SMILES string of the molecule is [B]CC(=O)c1cc(F)c(Cl)cc1F. The van der Waals surface area contributed by atoms with Gasteiger partial charge in [0.15, 0.2) is 5.78 Å². The first kappa shape index (κ1) is 10.2. The molecule has 0 spiro atoms. The molecule has 1 nitrogen and oxygen atoms in total. The minimum absolute atomic E-state index is 0.355. The lowest BCUT2D eigenvalue weighted by Gasteiger charge is -2.01. The van der Waals surface area contributed by atoms with Crippen molar-refractivity contribution in [3.05, 3.63) is 34.4 Å². The lowest BCUT2D eigenvalue weighted by molar-refractivity contribution is 0.101. The van der Waals surface area contributed by atoms with Gasteiger partial charge in [-0.25, -0.2) is 8.78 Å². The van der Waals surface area contributed by atoms with Gasteiger partial charge in [-0.15, -0.1) is 0 Å². The van der Waals surface area contributed by atoms with Crippen LogP contribution < -0.4 is 0 Å². The van der Waals surface area contributed by atoms with E-state index in [2.05, 4.69) is 0 Å². The summed E-state index contributed by atoms with van der Waals surface area (Å²) in [5.41, 5.74) is -0.371. The van der Waals surface area contributed by atoms with Gasteiger partial charge in [-0.1, -0.05) is 11.6 Å². The highest BCUT2D eigenvalue weighted by molar-refractivity contribution is 6.31. The Hall–Kier alpha value is -0.895. The summed E-state index contributed by atoms with van der Waals surface area (Å²) < 4.78 is 25.7. The van der Waals surface area contributed by atoms with Crippen LogP contribution in [0.5, 0.6) is 0 Å². The molecule has 0 unspecified atom stereocenters. The molecule has 13 heavy (non-hydrogen) atoms. The Morgan fingerprint density at radius 2 is 2.00 bits per heavy atom. The number of carbonyl (C=O) groups excluding carboxylic acids is 1. The molecule has 0 N–H and O–H groups in total. The molecule has 66 valence electrons. The van der Waals surface area contributed by atoms with Crippen molar-refractivity contribution in [2.75, 3.05) is 0 Å². The van der Waals surface area contributed by atoms with E-state index < -0.39 is 17.4 Å². The van der Waals surface area contributed by atoms with Crippen molar-refractivity contribution in [2.45, 2.75) is 6.32 Å². The minimum atomic E-state index is -0.859. The molecule has 0 atom stereocenters. The number of ketones is 1. The van der Waals surface area contributed by atoms with Crippen molar-refractivity contribution >= 4 is 25.2 Å². The molecule has 0 fully saturated rings. The number of hydrogen-bond acceptors (Lipinski definition) is 1. The van der Waals surface area contributed by atoms with Crippen LogP contribution in [0.3, 0.4) is 0 Å². The Bertz CT molecular complexity index is 354. The zero-order valence-corrected chi connectivity index (χ0v) is 7.24. The third-order valence-electron chi connectivity index (χ3n) is 1.50. The molecule has 0 aliphatic carbocycles. The average molecular weight is 200 g/mol. The van der Waals surface area contributed by atoms with Crippen LogP contribution in [0.25, 0.3) is 0 Å². The van der Waals surface area contributed by atoms with Crippen LogP contribution in [0.2, 0.25) is 11.3 Å². The molecule has 0 aromatic heterocycles. The van der Waals surface area contributed by atoms with Crippen LogP contribution in [0.1, 0.15) is 10.4 Å². The third-order valence-corrected chi connectivity index (χ3v) is 1.79. The fourth-order valence-electron chi connectivity index (χ4n) is 0.846. The molecular formula is C8H4BClF2O. The molecule has 0 aliphatic heterocycles. The molecule has 2 radical (unpaired) electrons. The van der Waals surface area contributed by atoms with Crippen LogP contribution in [0.15, 0.2) is 12.1 Å².